The third-order valence-corrected chi connectivity index (χ3v) is 2.66. The van der Waals surface area contributed by atoms with Crippen LogP contribution in [0.2, 0.25) is 5.02 Å². The van der Waals surface area contributed by atoms with E-state index >= 15 is 0 Å². The van der Waals surface area contributed by atoms with Crippen LogP contribution in [0.1, 0.15) is 37.5 Å². The fraction of sp³-hybridized carbons (Fsp3) is 0.500. The van der Waals surface area contributed by atoms with E-state index in [0.29, 0.717) is 28.5 Å². The summed E-state index contributed by atoms with van der Waals surface area (Å²) in [6.45, 7) is 5.71. The third kappa shape index (κ3) is 3.18. The summed E-state index contributed by atoms with van der Waals surface area (Å²) in [5.41, 5.74) is 1.13. The van der Waals surface area contributed by atoms with Gasteiger partial charge in [0, 0.05) is 5.02 Å². The lowest BCUT2D eigenvalue weighted by atomic mass is 9.98. The molecule has 0 heterocycles. The summed E-state index contributed by atoms with van der Waals surface area (Å²) < 4.78 is 13.1. The Labute approximate surface area is 94.9 Å². The van der Waals surface area contributed by atoms with Crippen LogP contribution in [-0.2, 0) is 0 Å². The van der Waals surface area contributed by atoms with E-state index in [1.54, 1.807) is 13.0 Å². The molecule has 0 aliphatic heterocycles. The number of halogens is 2. The molecular weight excluding hydrogens is 215 g/mol. The molecule has 0 radical (unpaired) electrons. The Hall–Kier alpha value is -0.600. The highest BCUT2D eigenvalue weighted by atomic mass is 35.5. The molecule has 1 atom stereocenters. The SMILES string of the molecule is Cc1cc(C(O)CC(C)C)c(Cl)cc1F. The molecule has 1 unspecified atom stereocenters. The van der Waals surface area contributed by atoms with Gasteiger partial charge in [0.05, 0.1) is 6.10 Å². The highest BCUT2D eigenvalue weighted by molar-refractivity contribution is 6.31. The second-order valence-electron chi connectivity index (χ2n) is 4.27. The second kappa shape index (κ2) is 4.95. The lowest BCUT2D eigenvalue weighted by molar-refractivity contribution is 0.151. The molecule has 0 bridgehead atoms. The predicted octanol–water partition coefficient (Wildman–Crippen LogP) is 3.87. The molecular formula is C12H16ClFO. The van der Waals surface area contributed by atoms with Gasteiger partial charge in [-0.15, -0.1) is 0 Å². The number of hydrogen-bond acceptors (Lipinski definition) is 1. The van der Waals surface area contributed by atoms with Crippen LogP contribution in [0.25, 0.3) is 0 Å². The first-order valence-corrected chi connectivity index (χ1v) is 5.43. The van der Waals surface area contributed by atoms with E-state index in [1.807, 2.05) is 13.8 Å². The number of aliphatic hydroxyl groups excluding tert-OH is 1. The number of aliphatic hydroxyl groups is 1. The van der Waals surface area contributed by atoms with Gasteiger partial charge < -0.3 is 5.11 Å². The maximum Gasteiger partial charge on any atom is 0.127 e. The number of hydrogen-bond donors (Lipinski definition) is 1. The summed E-state index contributed by atoms with van der Waals surface area (Å²) >= 11 is 5.88. The van der Waals surface area contributed by atoms with E-state index in [-0.39, 0.29) is 5.82 Å². The minimum atomic E-state index is -0.614. The Bertz CT molecular complexity index is 350. The van der Waals surface area contributed by atoms with E-state index < -0.39 is 6.10 Å². The van der Waals surface area contributed by atoms with Crippen LogP contribution in [0, 0.1) is 18.7 Å². The maximum atomic E-state index is 13.1. The van der Waals surface area contributed by atoms with Gasteiger partial charge in [0.2, 0.25) is 0 Å². The van der Waals surface area contributed by atoms with Gasteiger partial charge in [-0.3, -0.25) is 0 Å². The van der Waals surface area contributed by atoms with Crippen molar-refractivity contribution >= 4 is 11.6 Å². The van der Waals surface area contributed by atoms with Gasteiger partial charge in [-0.1, -0.05) is 25.4 Å². The molecule has 1 rings (SSSR count). The Kier molecular flexibility index (Phi) is 4.12. The summed E-state index contributed by atoms with van der Waals surface area (Å²) in [5, 5.41) is 10.2. The summed E-state index contributed by atoms with van der Waals surface area (Å²) in [5.74, 6) is 0.0434. The van der Waals surface area contributed by atoms with E-state index in [2.05, 4.69) is 0 Å². The van der Waals surface area contributed by atoms with Crippen molar-refractivity contribution in [2.24, 2.45) is 5.92 Å². The fourth-order valence-electron chi connectivity index (χ4n) is 1.51. The maximum absolute atomic E-state index is 13.1. The molecule has 1 aromatic carbocycles. The van der Waals surface area contributed by atoms with Crippen molar-refractivity contribution in [2.45, 2.75) is 33.3 Å². The van der Waals surface area contributed by atoms with Gasteiger partial charge in [-0.2, -0.15) is 0 Å². The van der Waals surface area contributed by atoms with Gasteiger partial charge in [-0.05, 0) is 42.5 Å². The second-order valence-corrected chi connectivity index (χ2v) is 4.68. The standard InChI is InChI=1S/C12H16ClFO/c1-7(2)4-12(15)9-5-8(3)11(14)6-10(9)13/h5-7,12,15H,4H2,1-3H3. The summed E-state index contributed by atoms with van der Waals surface area (Å²) in [4.78, 5) is 0. The zero-order valence-corrected chi connectivity index (χ0v) is 9.98. The van der Waals surface area contributed by atoms with Crippen LogP contribution in [0.4, 0.5) is 4.39 Å². The van der Waals surface area contributed by atoms with Crippen molar-refractivity contribution in [1.29, 1.82) is 0 Å². The molecule has 84 valence electrons. The normalized spacial score (nSPS) is 13.3. The van der Waals surface area contributed by atoms with Crippen molar-refractivity contribution in [1.82, 2.24) is 0 Å². The minimum Gasteiger partial charge on any atom is -0.388 e. The van der Waals surface area contributed by atoms with Crippen molar-refractivity contribution in [3.63, 3.8) is 0 Å². The molecule has 0 saturated heterocycles. The van der Waals surface area contributed by atoms with E-state index in [9.17, 15) is 9.50 Å². The Balaban J connectivity index is 2.98. The largest absolute Gasteiger partial charge is 0.388 e. The molecule has 15 heavy (non-hydrogen) atoms. The van der Waals surface area contributed by atoms with Crippen molar-refractivity contribution < 1.29 is 9.50 Å². The van der Waals surface area contributed by atoms with Crippen LogP contribution in [-0.4, -0.2) is 5.11 Å². The lowest BCUT2D eigenvalue weighted by Gasteiger charge is -2.15. The van der Waals surface area contributed by atoms with E-state index in [1.165, 1.54) is 6.07 Å². The molecule has 0 fully saturated rings. The highest BCUT2D eigenvalue weighted by Crippen LogP contribution is 2.29. The third-order valence-electron chi connectivity index (χ3n) is 2.33. The molecule has 1 N–H and O–H groups in total. The quantitative estimate of drug-likeness (QED) is 0.836. The van der Waals surface area contributed by atoms with Gasteiger partial charge in [-0.25, -0.2) is 4.39 Å². The van der Waals surface area contributed by atoms with Crippen LogP contribution in [0.15, 0.2) is 12.1 Å². The molecule has 0 aliphatic rings. The van der Waals surface area contributed by atoms with Gasteiger partial charge in [0.25, 0.3) is 0 Å². The van der Waals surface area contributed by atoms with E-state index in [0.717, 1.165) is 0 Å². The number of rotatable bonds is 3. The highest BCUT2D eigenvalue weighted by Gasteiger charge is 2.15. The van der Waals surface area contributed by atoms with Crippen LogP contribution in [0.5, 0.6) is 0 Å². The Morgan fingerprint density at radius 2 is 2.00 bits per heavy atom. The van der Waals surface area contributed by atoms with E-state index in [4.69, 9.17) is 11.6 Å². The minimum absolute atomic E-state index is 0.297. The molecule has 0 spiro atoms. The first-order chi connectivity index (χ1) is 6.91. The molecule has 3 heteroatoms. The number of benzene rings is 1. The van der Waals surface area contributed by atoms with Crippen molar-refractivity contribution in [3.8, 4) is 0 Å². The summed E-state index contributed by atoms with van der Waals surface area (Å²) in [6, 6.07) is 2.88. The number of aryl methyl sites for hydroxylation is 1. The molecule has 0 amide bonds. The predicted molar refractivity (Wildman–Crippen MR) is 60.6 cm³/mol. The molecule has 1 aromatic rings. The van der Waals surface area contributed by atoms with Crippen LogP contribution < -0.4 is 0 Å². The fourth-order valence-corrected chi connectivity index (χ4v) is 1.78. The average Bonchev–Trinajstić information content (AvgIpc) is 2.09. The molecule has 1 nitrogen and oxygen atoms in total. The van der Waals surface area contributed by atoms with Gasteiger partial charge >= 0.3 is 0 Å². The first kappa shape index (κ1) is 12.5. The topological polar surface area (TPSA) is 20.2 Å². The summed E-state index contributed by atoms with van der Waals surface area (Å²) in [6.07, 6.45) is 0.0157. The van der Waals surface area contributed by atoms with Crippen molar-refractivity contribution in [2.75, 3.05) is 0 Å². The molecule has 0 aromatic heterocycles. The molecule has 0 aliphatic carbocycles. The monoisotopic (exact) mass is 230 g/mol. The lowest BCUT2D eigenvalue weighted by Crippen LogP contribution is -2.03. The zero-order chi connectivity index (χ0) is 11.6. The molecule has 0 saturated carbocycles. The van der Waals surface area contributed by atoms with Crippen LogP contribution >= 0.6 is 11.6 Å². The average molecular weight is 231 g/mol. The summed E-state index contributed by atoms with van der Waals surface area (Å²) in [7, 11) is 0. The van der Waals surface area contributed by atoms with Gasteiger partial charge in [0.15, 0.2) is 0 Å². The first-order valence-electron chi connectivity index (χ1n) is 5.05. The zero-order valence-electron chi connectivity index (χ0n) is 9.22. The Morgan fingerprint density at radius 3 is 2.53 bits per heavy atom. The smallest absolute Gasteiger partial charge is 0.127 e. The Morgan fingerprint density at radius 1 is 1.40 bits per heavy atom. The van der Waals surface area contributed by atoms with Crippen molar-refractivity contribution in [3.05, 3.63) is 34.1 Å². The van der Waals surface area contributed by atoms with Crippen LogP contribution in [0.3, 0.4) is 0 Å². The van der Waals surface area contributed by atoms with Gasteiger partial charge in [0.1, 0.15) is 5.82 Å².